The van der Waals surface area contributed by atoms with Crippen LogP contribution in [0.15, 0.2) is 28.9 Å². The van der Waals surface area contributed by atoms with Crippen LogP contribution >= 0.6 is 0 Å². The number of anilines is 2. The molecule has 2 aromatic rings. The number of carbonyl (C=O) groups is 1. The van der Waals surface area contributed by atoms with E-state index in [1.807, 2.05) is 39.0 Å². The van der Waals surface area contributed by atoms with Gasteiger partial charge in [-0.3, -0.25) is 4.90 Å². The molecule has 0 saturated heterocycles. The van der Waals surface area contributed by atoms with Crippen LogP contribution in [0.4, 0.5) is 16.4 Å². The van der Waals surface area contributed by atoms with E-state index in [2.05, 4.69) is 5.16 Å². The molecule has 2 heterocycles. The topological polar surface area (TPSA) is 81.6 Å². The van der Waals surface area contributed by atoms with Gasteiger partial charge in [0.1, 0.15) is 5.60 Å². The van der Waals surface area contributed by atoms with Crippen molar-refractivity contribution in [2.24, 2.45) is 0 Å². The molecule has 2 N–H and O–H groups in total. The molecule has 3 rings (SSSR count). The zero-order valence-electron chi connectivity index (χ0n) is 13.6. The van der Waals surface area contributed by atoms with E-state index in [9.17, 15) is 4.79 Å². The highest BCUT2D eigenvalue weighted by Crippen LogP contribution is 2.34. The quantitative estimate of drug-likeness (QED) is 0.869. The molecular weight excluding hydrogens is 294 g/mol. The predicted molar refractivity (Wildman–Crippen MR) is 88.3 cm³/mol. The van der Waals surface area contributed by atoms with Crippen LogP contribution in [-0.2, 0) is 11.2 Å². The molecule has 0 spiro atoms. The number of nitrogens with two attached hydrogens (primary N) is 1. The maximum Gasteiger partial charge on any atom is 0.414 e. The lowest BCUT2D eigenvalue weighted by atomic mass is 9.97. The lowest BCUT2D eigenvalue weighted by molar-refractivity contribution is 0.0578. The zero-order chi connectivity index (χ0) is 16.6. The summed E-state index contributed by atoms with van der Waals surface area (Å²) in [5.74, 6) is 0.296. The van der Waals surface area contributed by atoms with Gasteiger partial charge < -0.3 is 15.0 Å². The predicted octanol–water partition coefficient (Wildman–Crippen LogP) is 3.61. The van der Waals surface area contributed by atoms with Crippen molar-refractivity contribution in [3.05, 3.63) is 30.0 Å². The highest BCUT2D eigenvalue weighted by Gasteiger charge is 2.27. The fourth-order valence-corrected chi connectivity index (χ4v) is 2.74. The zero-order valence-corrected chi connectivity index (χ0v) is 13.6. The smallest absolute Gasteiger partial charge is 0.414 e. The Morgan fingerprint density at radius 3 is 2.83 bits per heavy atom. The Morgan fingerprint density at radius 1 is 1.39 bits per heavy atom. The minimum atomic E-state index is -0.508. The number of rotatable bonds is 1. The summed E-state index contributed by atoms with van der Waals surface area (Å²) in [7, 11) is 0. The summed E-state index contributed by atoms with van der Waals surface area (Å²) in [6, 6.07) is 5.89. The summed E-state index contributed by atoms with van der Waals surface area (Å²) in [4.78, 5) is 14.1. The third-order valence-electron chi connectivity index (χ3n) is 3.72. The first-order valence-corrected chi connectivity index (χ1v) is 7.69. The lowest BCUT2D eigenvalue weighted by Gasteiger charge is -2.31. The molecule has 6 nitrogen and oxygen atoms in total. The number of carbonyl (C=O) groups excluding carboxylic acids is 1. The van der Waals surface area contributed by atoms with Crippen molar-refractivity contribution in [1.29, 1.82) is 0 Å². The molecule has 1 aliphatic heterocycles. The summed E-state index contributed by atoms with van der Waals surface area (Å²) in [5, 5.41) is 3.71. The molecule has 0 aliphatic carbocycles. The summed E-state index contributed by atoms with van der Waals surface area (Å²) in [6.07, 6.45) is 3.10. The molecule has 0 bridgehead atoms. The number of amides is 1. The van der Waals surface area contributed by atoms with Crippen LogP contribution in [0.3, 0.4) is 0 Å². The highest BCUT2D eigenvalue weighted by atomic mass is 16.6. The summed E-state index contributed by atoms with van der Waals surface area (Å²) in [5.41, 5.74) is 8.97. The van der Waals surface area contributed by atoms with E-state index in [0.29, 0.717) is 12.4 Å². The number of nitrogens with zero attached hydrogens (tertiary/aromatic N) is 2. The van der Waals surface area contributed by atoms with E-state index >= 15 is 0 Å². The molecule has 0 unspecified atom stereocenters. The molecule has 0 radical (unpaired) electrons. The maximum atomic E-state index is 12.4. The van der Waals surface area contributed by atoms with Crippen molar-refractivity contribution in [3.63, 3.8) is 0 Å². The summed E-state index contributed by atoms with van der Waals surface area (Å²) in [6.45, 7) is 6.27. The fourth-order valence-electron chi connectivity index (χ4n) is 2.74. The monoisotopic (exact) mass is 315 g/mol. The van der Waals surface area contributed by atoms with Crippen LogP contribution < -0.4 is 10.6 Å². The Hall–Kier alpha value is -2.50. The third-order valence-corrected chi connectivity index (χ3v) is 3.72. The Morgan fingerprint density at radius 2 is 2.17 bits per heavy atom. The van der Waals surface area contributed by atoms with Crippen molar-refractivity contribution in [2.75, 3.05) is 17.2 Å². The van der Waals surface area contributed by atoms with Crippen molar-refractivity contribution in [2.45, 2.75) is 39.2 Å². The first-order valence-electron chi connectivity index (χ1n) is 7.69. The average Bonchev–Trinajstić information content (AvgIpc) is 2.90. The molecule has 23 heavy (non-hydrogen) atoms. The van der Waals surface area contributed by atoms with Crippen LogP contribution in [0.2, 0.25) is 0 Å². The minimum absolute atomic E-state index is 0.296. The molecule has 1 amide bonds. The fraction of sp³-hybridized carbons (Fsp3) is 0.412. The number of benzene rings is 1. The molecule has 0 atom stereocenters. The molecule has 6 heteroatoms. The standard InChI is InChI=1S/C17H21N3O3/c1-17(2,3)22-16(21)20-8-4-5-12-9-11(6-7-14(12)20)13-10-19-23-15(13)18/h6-7,9-10H,4-5,8,18H2,1-3H3. The number of aryl methyl sites for hydroxylation is 1. The van der Waals surface area contributed by atoms with E-state index < -0.39 is 5.60 Å². The minimum Gasteiger partial charge on any atom is -0.443 e. The van der Waals surface area contributed by atoms with Gasteiger partial charge in [-0.1, -0.05) is 11.2 Å². The van der Waals surface area contributed by atoms with Gasteiger partial charge in [0.15, 0.2) is 0 Å². The van der Waals surface area contributed by atoms with E-state index in [1.54, 1.807) is 11.1 Å². The van der Waals surface area contributed by atoms with Crippen LogP contribution in [0.25, 0.3) is 11.1 Å². The third kappa shape index (κ3) is 3.16. The number of ether oxygens (including phenoxy) is 1. The summed E-state index contributed by atoms with van der Waals surface area (Å²) < 4.78 is 10.4. The van der Waals surface area contributed by atoms with E-state index in [-0.39, 0.29) is 6.09 Å². The van der Waals surface area contributed by atoms with Gasteiger partial charge in [0.25, 0.3) is 0 Å². The van der Waals surface area contributed by atoms with Crippen LogP contribution in [0.5, 0.6) is 0 Å². The number of hydrogen-bond acceptors (Lipinski definition) is 5. The highest BCUT2D eigenvalue weighted by molar-refractivity contribution is 5.90. The van der Waals surface area contributed by atoms with Gasteiger partial charge in [-0.15, -0.1) is 0 Å². The lowest BCUT2D eigenvalue weighted by Crippen LogP contribution is -2.39. The van der Waals surface area contributed by atoms with Gasteiger partial charge in [0, 0.05) is 6.54 Å². The van der Waals surface area contributed by atoms with Gasteiger partial charge in [0.2, 0.25) is 5.88 Å². The van der Waals surface area contributed by atoms with Crippen molar-refractivity contribution >= 4 is 17.7 Å². The Kier molecular flexibility index (Phi) is 3.75. The molecule has 122 valence electrons. The normalized spacial score (nSPS) is 14.5. The van der Waals surface area contributed by atoms with Gasteiger partial charge >= 0.3 is 6.09 Å². The number of hydrogen-bond donors (Lipinski definition) is 1. The average molecular weight is 315 g/mol. The second kappa shape index (κ2) is 5.61. The van der Waals surface area contributed by atoms with E-state index in [0.717, 1.165) is 35.2 Å². The first-order chi connectivity index (χ1) is 10.8. The summed E-state index contributed by atoms with van der Waals surface area (Å²) >= 11 is 0. The van der Waals surface area contributed by atoms with Crippen LogP contribution in [0, 0.1) is 0 Å². The van der Waals surface area contributed by atoms with Crippen LogP contribution in [-0.4, -0.2) is 23.4 Å². The Balaban J connectivity index is 1.92. The maximum absolute atomic E-state index is 12.4. The second-order valence-electron chi connectivity index (χ2n) is 6.68. The molecule has 1 aliphatic rings. The SMILES string of the molecule is CC(C)(C)OC(=O)N1CCCc2cc(-c3cnoc3N)ccc21. The van der Waals surface area contributed by atoms with Crippen molar-refractivity contribution in [3.8, 4) is 11.1 Å². The molecule has 0 fully saturated rings. The van der Waals surface area contributed by atoms with Gasteiger partial charge in [-0.25, -0.2) is 4.79 Å². The van der Waals surface area contributed by atoms with Crippen molar-refractivity contribution < 1.29 is 14.1 Å². The van der Waals surface area contributed by atoms with Gasteiger partial charge in [-0.2, -0.15) is 0 Å². The van der Waals surface area contributed by atoms with Crippen molar-refractivity contribution in [1.82, 2.24) is 5.16 Å². The number of nitrogen functional groups attached to an aromatic ring is 1. The molecular formula is C17H21N3O3. The molecule has 1 aromatic heterocycles. The molecule has 0 saturated carbocycles. The largest absolute Gasteiger partial charge is 0.443 e. The number of aromatic nitrogens is 1. The van der Waals surface area contributed by atoms with E-state index in [4.69, 9.17) is 15.0 Å². The first kappa shape index (κ1) is 15.4. The van der Waals surface area contributed by atoms with Gasteiger partial charge in [-0.05, 0) is 56.9 Å². The number of fused-ring (bicyclic) bond motifs is 1. The molecule has 1 aromatic carbocycles. The van der Waals surface area contributed by atoms with Crippen LogP contribution in [0.1, 0.15) is 32.8 Å². The second-order valence-corrected chi connectivity index (χ2v) is 6.68. The van der Waals surface area contributed by atoms with E-state index in [1.165, 1.54) is 0 Å². The Bertz CT molecular complexity index is 731. The van der Waals surface area contributed by atoms with Gasteiger partial charge in [0.05, 0.1) is 17.4 Å². The Labute approximate surface area is 135 Å².